The number of pyridine rings is 1. The van der Waals surface area contributed by atoms with Crippen LogP contribution in [0.4, 0.5) is 0 Å². The van der Waals surface area contributed by atoms with Gasteiger partial charge in [0.05, 0.1) is 12.3 Å². The van der Waals surface area contributed by atoms with Crippen LogP contribution in [0.25, 0.3) is 0 Å². The maximum Gasteiger partial charge on any atom is 0.213 e. The smallest absolute Gasteiger partial charge is 0.213 e. The van der Waals surface area contributed by atoms with Crippen LogP contribution in [-0.2, 0) is 16.4 Å². The van der Waals surface area contributed by atoms with Crippen molar-refractivity contribution in [1.29, 1.82) is 0 Å². The molecule has 8 heteroatoms. The van der Waals surface area contributed by atoms with Crippen molar-refractivity contribution in [1.82, 2.24) is 15.6 Å². The van der Waals surface area contributed by atoms with E-state index in [4.69, 9.17) is 4.74 Å². The number of nitrogens with zero attached hydrogens (tertiary/aromatic N) is 2. The SMILES string of the molecule is CCNC(=NCc1ccnc(OC2CCCC2)c1)NC(C)CCS(C)(=O)=O. The Morgan fingerprint density at radius 3 is 2.81 bits per heavy atom. The van der Waals surface area contributed by atoms with Gasteiger partial charge in [-0.3, -0.25) is 0 Å². The van der Waals surface area contributed by atoms with Crippen molar-refractivity contribution in [3.63, 3.8) is 0 Å². The minimum atomic E-state index is -2.96. The molecule has 0 aliphatic heterocycles. The highest BCUT2D eigenvalue weighted by molar-refractivity contribution is 7.90. The van der Waals surface area contributed by atoms with Gasteiger partial charge in [0.25, 0.3) is 0 Å². The molecule has 7 nitrogen and oxygen atoms in total. The number of aromatic nitrogens is 1. The van der Waals surface area contributed by atoms with E-state index in [-0.39, 0.29) is 17.9 Å². The molecule has 1 aliphatic rings. The highest BCUT2D eigenvalue weighted by Crippen LogP contribution is 2.23. The van der Waals surface area contributed by atoms with Crippen molar-refractivity contribution in [2.24, 2.45) is 4.99 Å². The average molecular weight is 397 g/mol. The number of ether oxygens (including phenoxy) is 1. The predicted octanol–water partition coefficient (Wildman–Crippen LogP) is 2.28. The molecule has 1 aromatic rings. The number of guanidine groups is 1. The molecule has 0 radical (unpaired) electrons. The van der Waals surface area contributed by atoms with E-state index in [0.29, 0.717) is 24.8 Å². The molecule has 2 N–H and O–H groups in total. The van der Waals surface area contributed by atoms with Crippen LogP contribution in [-0.4, -0.2) is 50.1 Å². The van der Waals surface area contributed by atoms with Crippen molar-refractivity contribution in [2.45, 2.75) is 64.6 Å². The van der Waals surface area contributed by atoms with E-state index in [2.05, 4.69) is 20.6 Å². The van der Waals surface area contributed by atoms with Crippen LogP contribution >= 0.6 is 0 Å². The molecule has 27 heavy (non-hydrogen) atoms. The van der Waals surface area contributed by atoms with Gasteiger partial charge in [-0.25, -0.2) is 18.4 Å². The normalized spacial score (nSPS) is 16.9. The molecule has 1 heterocycles. The molecule has 0 aromatic carbocycles. The van der Waals surface area contributed by atoms with Crippen molar-refractivity contribution in [3.05, 3.63) is 23.9 Å². The summed E-state index contributed by atoms with van der Waals surface area (Å²) in [7, 11) is -2.96. The minimum Gasteiger partial charge on any atom is -0.474 e. The molecular weight excluding hydrogens is 364 g/mol. The molecule has 0 amide bonds. The Morgan fingerprint density at radius 2 is 2.15 bits per heavy atom. The first-order valence-corrected chi connectivity index (χ1v) is 11.8. The second-order valence-corrected chi connectivity index (χ2v) is 9.45. The fourth-order valence-electron chi connectivity index (χ4n) is 2.98. The van der Waals surface area contributed by atoms with Crippen LogP contribution in [0.15, 0.2) is 23.3 Å². The summed E-state index contributed by atoms with van der Waals surface area (Å²) in [6.07, 6.45) is 8.49. The highest BCUT2D eigenvalue weighted by Gasteiger charge is 2.17. The summed E-state index contributed by atoms with van der Waals surface area (Å²) in [5.74, 6) is 1.50. The lowest BCUT2D eigenvalue weighted by molar-refractivity contribution is 0.201. The van der Waals surface area contributed by atoms with Crippen LogP contribution in [0.2, 0.25) is 0 Å². The number of hydrogen-bond donors (Lipinski definition) is 2. The van der Waals surface area contributed by atoms with Crippen LogP contribution < -0.4 is 15.4 Å². The molecule has 1 fully saturated rings. The minimum absolute atomic E-state index is 0.0104. The highest BCUT2D eigenvalue weighted by atomic mass is 32.2. The largest absolute Gasteiger partial charge is 0.474 e. The van der Waals surface area contributed by atoms with Crippen LogP contribution in [0.1, 0.15) is 51.5 Å². The molecule has 2 rings (SSSR count). The van der Waals surface area contributed by atoms with Gasteiger partial charge in [0.15, 0.2) is 5.96 Å². The molecule has 0 saturated heterocycles. The zero-order valence-corrected chi connectivity index (χ0v) is 17.4. The second-order valence-electron chi connectivity index (χ2n) is 7.19. The van der Waals surface area contributed by atoms with Crippen molar-refractivity contribution >= 4 is 15.8 Å². The average Bonchev–Trinajstić information content (AvgIpc) is 3.11. The molecule has 1 atom stereocenters. The number of sulfone groups is 1. The third-order valence-electron chi connectivity index (χ3n) is 4.46. The summed E-state index contributed by atoms with van der Waals surface area (Å²) < 4.78 is 28.6. The summed E-state index contributed by atoms with van der Waals surface area (Å²) in [5, 5.41) is 6.46. The second kappa shape index (κ2) is 10.5. The van der Waals surface area contributed by atoms with Gasteiger partial charge in [0.1, 0.15) is 15.9 Å². The van der Waals surface area contributed by atoms with E-state index in [1.165, 1.54) is 19.1 Å². The summed E-state index contributed by atoms with van der Waals surface area (Å²) in [6, 6.07) is 3.89. The molecule has 0 bridgehead atoms. The van der Waals surface area contributed by atoms with Gasteiger partial charge in [0.2, 0.25) is 5.88 Å². The van der Waals surface area contributed by atoms with Gasteiger partial charge in [-0.05, 0) is 57.6 Å². The Kier molecular flexibility index (Phi) is 8.34. The summed E-state index contributed by atoms with van der Waals surface area (Å²) in [5.41, 5.74) is 1.03. The monoisotopic (exact) mass is 396 g/mol. The van der Waals surface area contributed by atoms with Gasteiger partial charge in [0, 0.05) is 31.1 Å². The molecule has 152 valence electrons. The molecule has 1 aromatic heterocycles. The predicted molar refractivity (Wildman–Crippen MR) is 109 cm³/mol. The van der Waals surface area contributed by atoms with E-state index >= 15 is 0 Å². The zero-order valence-electron chi connectivity index (χ0n) is 16.6. The Morgan fingerprint density at radius 1 is 1.41 bits per heavy atom. The molecule has 1 aliphatic carbocycles. The third-order valence-corrected chi connectivity index (χ3v) is 5.43. The van der Waals surface area contributed by atoms with Gasteiger partial charge in [-0.1, -0.05) is 0 Å². The maximum atomic E-state index is 11.3. The van der Waals surface area contributed by atoms with Gasteiger partial charge in [-0.15, -0.1) is 0 Å². The van der Waals surface area contributed by atoms with E-state index in [1.54, 1.807) is 6.20 Å². The fraction of sp³-hybridized carbons (Fsp3) is 0.684. The number of rotatable bonds is 9. The van der Waals surface area contributed by atoms with Crippen LogP contribution in [0.3, 0.4) is 0 Å². The molecule has 1 saturated carbocycles. The van der Waals surface area contributed by atoms with Gasteiger partial charge < -0.3 is 15.4 Å². The van der Waals surface area contributed by atoms with Crippen LogP contribution in [0.5, 0.6) is 5.88 Å². The Labute approximate surface area is 162 Å². The lowest BCUT2D eigenvalue weighted by atomic mass is 10.2. The van der Waals surface area contributed by atoms with Crippen molar-refractivity contribution in [2.75, 3.05) is 18.6 Å². The van der Waals surface area contributed by atoms with Crippen molar-refractivity contribution < 1.29 is 13.2 Å². The Balaban J connectivity index is 1.92. The third kappa shape index (κ3) is 8.60. The Bertz CT molecular complexity index is 715. The van der Waals surface area contributed by atoms with Crippen LogP contribution in [0, 0.1) is 0 Å². The van der Waals surface area contributed by atoms with E-state index in [1.807, 2.05) is 26.0 Å². The van der Waals surface area contributed by atoms with Gasteiger partial charge >= 0.3 is 0 Å². The maximum absolute atomic E-state index is 11.3. The first kappa shape index (κ1) is 21.5. The topological polar surface area (TPSA) is 92.7 Å². The van der Waals surface area contributed by atoms with Gasteiger partial charge in [-0.2, -0.15) is 0 Å². The first-order chi connectivity index (χ1) is 12.9. The zero-order chi connectivity index (χ0) is 19.7. The molecule has 0 spiro atoms. The molecular formula is C19H32N4O3S. The number of nitrogens with one attached hydrogen (secondary N) is 2. The van der Waals surface area contributed by atoms with E-state index in [0.717, 1.165) is 24.9 Å². The number of aliphatic imine (C=N–C) groups is 1. The standard InChI is InChI=1S/C19H32N4O3S/c1-4-20-19(23-15(2)10-12-27(3,24)25)22-14-16-9-11-21-18(13-16)26-17-7-5-6-8-17/h9,11,13,15,17H,4-8,10,12,14H2,1-3H3,(H2,20,22,23). The van der Waals surface area contributed by atoms with Crippen molar-refractivity contribution in [3.8, 4) is 5.88 Å². The lowest BCUT2D eigenvalue weighted by Crippen LogP contribution is -2.42. The number of hydrogen-bond acceptors (Lipinski definition) is 5. The summed E-state index contributed by atoms with van der Waals surface area (Å²) in [4.78, 5) is 8.91. The van der Waals surface area contributed by atoms with E-state index in [9.17, 15) is 8.42 Å². The molecule has 1 unspecified atom stereocenters. The van der Waals surface area contributed by atoms with E-state index < -0.39 is 9.84 Å². The quantitative estimate of drug-likeness (QED) is 0.491. The Hall–Kier alpha value is -1.83. The summed E-state index contributed by atoms with van der Waals surface area (Å²) >= 11 is 0. The fourth-order valence-corrected chi connectivity index (χ4v) is 3.76. The summed E-state index contributed by atoms with van der Waals surface area (Å²) in [6.45, 7) is 5.19. The lowest BCUT2D eigenvalue weighted by Gasteiger charge is -2.17. The first-order valence-electron chi connectivity index (χ1n) is 9.70.